The van der Waals surface area contributed by atoms with E-state index in [-0.39, 0.29) is 0 Å². The summed E-state index contributed by atoms with van der Waals surface area (Å²) in [6.07, 6.45) is -2.04. The molecule has 4 atom stereocenters. The van der Waals surface area contributed by atoms with Gasteiger partial charge >= 0.3 is 6.09 Å². The van der Waals surface area contributed by atoms with E-state index in [2.05, 4.69) is 0 Å². The van der Waals surface area contributed by atoms with Gasteiger partial charge in [-0.2, -0.15) is 0 Å². The molecule has 0 aliphatic carbocycles. The molecule has 2 amide bonds. The number of aliphatic hydroxyl groups excluding tert-OH is 1. The van der Waals surface area contributed by atoms with Gasteiger partial charge in [-0.05, 0) is 63.8 Å². The van der Waals surface area contributed by atoms with Crippen molar-refractivity contribution < 1.29 is 19.4 Å². The van der Waals surface area contributed by atoms with E-state index in [1.807, 2.05) is 72.5 Å². The monoisotopic (exact) mass is 568 g/mol. The predicted molar refractivity (Wildman–Crippen MR) is 154 cm³/mol. The summed E-state index contributed by atoms with van der Waals surface area (Å²) in [5.41, 5.74) is 1.50. The minimum Gasteiger partial charge on any atom is -0.443 e. The first-order valence-corrected chi connectivity index (χ1v) is 13.8. The molecule has 1 saturated heterocycles. The van der Waals surface area contributed by atoms with Gasteiger partial charge in [-0.1, -0.05) is 89.9 Å². The van der Waals surface area contributed by atoms with Gasteiger partial charge in [0.1, 0.15) is 17.8 Å². The number of hydrogen-bond acceptors (Lipinski definition) is 5. The lowest BCUT2D eigenvalue weighted by atomic mass is 9.97. The van der Waals surface area contributed by atoms with E-state index in [9.17, 15) is 14.7 Å². The summed E-state index contributed by atoms with van der Waals surface area (Å²) >= 11 is 13.4. The van der Waals surface area contributed by atoms with Crippen molar-refractivity contribution in [2.24, 2.45) is 0 Å². The van der Waals surface area contributed by atoms with Crippen LogP contribution in [-0.4, -0.2) is 44.7 Å². The van der Waals surface area contributed by atoms with Crippen LogP contribution in [0.1, 0.15) is 63.0 Å². The largest absolute Gasteiger partial charge is 0.443 e. The number of aryl methyl sites for hydroxylation is 1. The van der Waals surface area contributed by atoms with Crippen LogP contribution in [0.4, 0.5) is 4.79 Å². The van der Waals surface area contributed by atoms with E-state index < -0.39 is 42.0 Å². The lowest BCUT2D eigenvalue weighted by Gasteiger charge is -2.37. The molecule has 0 bridgehead atoms. The van der Waals surface area contributed by atoms with Gasteiger partial charge in [-0.3, -0.25) is 9.69 Å². The van der Waals surface area contributed by atoms with Crippen molar-refractivity contribution in [1.82, 2.24) is 9.80 Å². The Kier molecular flexibility index (Phi) is 9.02. The van der Waals surface area contributed by atoms with Crippen LogP contribution in [-0.2, 0) is 16.0 Å². The average Bonchev–Trinajstić information content (AvgIpc) is 3.19. The Labute approximate surface area is 240 Å². The van der Waals surface area contributed by atoms with Crippen molar-refractivity contribution in [3.63, 3.8) is 0 Å². The molecule has 6 nitrogen and oxygen atoms in total. The quantitative estimate of drug-likeness (QED) is 0.326. The van der Waals surface area contributed by atoms with Gasteiger partial charge in [0.05, 0.1) is 6.10 Å². The van der Waals surface area contributed by atoms with Gasteiger partial charge in [-0.15, -0.1) is 0 Å². The summed E-state index contributed by atoms with van der Waals surface area (Å²) in [6.45, 7) is 7.15. The molecule has 1 aliphatic heterocycles. The first-order chi connectivity index (χ1) is 18.5. The molecule has 1 fully saturated rings. The zero-order valence-electron chi connectivity index (χ0n) is 22.6. The predicted octanol–water partition coefficient (Wildman–Crippen LogP) is 7.19. The summed E-state index contributed by atoms with van der Waals surface area (Å²) in [4.78, 5) is 30.7. The number of aliphatic hydroxyl groups is 1. The number of ether oxygens (including phenoxy) is 1. The second-order valence-electron chi connectivity index (χ2n) is 10.8. The number of benzene rings is 3. The third kappa shape index (κ3) is 6.47. The minimum atomic E-state index is -1.08. The normalized spacial score (nSPS) is 19.7. The van der Waals surface area contributed by atoms with Gasteiger partial charge < -0.3 is 9.84 Å². The van der Waals surface area contributed by atoms with Crippen molar-refractivity contribution >= 4 is 35.2 Å². The molecule has 3 aromatic carbocycles. The molecular formula is C31H34Cl2N2O4. The highest BCUT2D eigenvalue weighted by atomic mass is 35.5. The third-order valence-electron chi connectivity index (χ3n) is 6.85. The summed E-state index contributed by atoms with van der Waals surface area (Å²) < 4.78 is 5.69. The zero-order chi connectivity index (χ0) is 28.3. The van der Waals surface area contributed by atoms with Gasteiger partial charge in [0.25, 0.3) is 5.91 Å². The Balaban J connectivity index is 1.84. The molecule has 8 heteroatoms. The maximum absolute atomic E-state index is 14.2. The van der Waals surface area contributed by atoms with E-state index in [0.29, 0.717) is 28.5 Å². The standard InChI is InChI=1S/C31H34Cl2N2O4/c1-20(22-14-9-6-10-15-22)34-27(25(36)19-18-21-12-7-5-8-13-21)29(37)35(30(38)39-31(2,3)4)28(34)26-23(32)16-11-17-24(26)33/h5-17,20,25,27-28,36H,18-19H2,1-4H3/t20-,25+,27-,28+/m1/s1. The zero-order valence-corrected chi connectivity index (χ0v) is 24.1. The van der Waals surface area contributed by atoms with Crippen LogP contribution in [0.3, 0.4) is 0 Å². The molecule has 0 radical (unpaired) electrons. The number of amides is 2. The Morgan fingerprint density at radius 3 is 2.08 bits per heavy atom. The molecule has 0 unspecified atom stereocenters. The number of imide groups is 1. The van der Waals surface area contributed by atoms with Crippen LogP contribution in [0.2, 0.25) is 10.0 Å². The van der Waals surface area contributed by atoms with E-state index in [4.69, 9.17) is 27.9 Å². The maximum Gasteiger partial charge on any atom is 0.418 e. The molecule has 39 heavy (non-hydrogen) atoms. The van der Waals surface area contributed by atoms with Crippen LogP contribution in [0, 0.1) is 0 Å². The average molecular weight is 570 g/mol. The molecular weight excluding hydrogens is 535 g/mol. The Morgan fingerprint density at radius 2 is 1.51 bits per heavy atom. The fourth-order valence-electron chi connectivity index (χ4n) is 5.05. The van der Waals surface area contributed by atoms with Gasteiger partial charge in [0.15, 0.2) is 0 Å². The number of rotatable bonds is 7. The number of halogens is 2. The molecule has 3 aromatic rings. The summed E-state index contributed by atoms with van der Waals surface area (Å²) in [7, 11) is 0. The van der Waals surface area contributed by atoms with Gasteiger partial charge in [-0.25, -0.2) is 9.69 Å². The van der Waals surface area contributed by atoms with Crippen molar-refractivity contribution in [3.05, 3.63) is 106 Å². The Morgan fingerprint density at radius 1 is 0.949 bits per heavy atom. The van der Waals surface area contributed by atoms with Crippen molar-refractivity contribution in [1.29, 1.82) is 0 Å². The van der Waals surface area contributed by atoms with Crippen LogP contribution >= 0.6 is 23.2 Å². The van der Waals surface area contributed by atoms with E-state index in [1.54, 1.807) is 39.0 Å². The highest BCUT2D eigenvalue weighted by Crippen LogP contribution is 2.47. The third-order valence-corrected chi connectivity index (χ3v) is 7.51. The molecule has 1 aliphatic rings. The molecule has 1 heterocycles. The lowest BCUT2D eigenvalue weighted by Crippen LogP contribution is -2.45. The maximum atomic E-state index is 14.2. The van der Waals surface area contributed by atoms with Crippen molar-refractivity contribution in [2.45, 2.75) is 70.5 Å². The van der Waals surface area contributed by atoms with Crippen molar-refractivity contribution in [2.75, 3.05) is 0 Å². The molecule has 0 saturated carbocycles. The second kappa shape index (κ2) is 12.1. The fourth-order valence-corrected chi connectivity index (χ4v) is 5.64. The SMILES string of the molecule is C[C@H](c1ccccc1)N1[C@H](c2c(Cl)cccc2Cl)N(C(=O)OC(C)(C)C)C(=O)[C@H]1[C@@H](O)CCc1ccccc1. The summed E-state index contributed by atoms with van der Waals surface area (Å²) in [5.74, 6) is -0.562. The van der Waals surface area contributed by atoms with E-state index >= 15 is 0 Å². The molecule has 0 aromatic heterocycles. The molecule has 4 rings (SSSR count). The smallest absolute Gasteiger partial charge is 0.418 e. The number of carbonyl (C=O) groups excluding carboxylic acids is 2. The minimum absolute atomic E-state index is 0.304. The topological polar surface area (TPSA) is 70.1 Å². The summed E-state index contributed by atoms with van der Waals surface area (Å²) in [6, 6.07) is 23.0. The summed E-state index contributed by atoms with van der Waals surface area (Å²) in [5, 5.41) is 12.2. The molecule has 1 N–H and O–H groups in total. The highest BCUT2D eigenvalue weighted by molar-refractivity contribution is 6.36. The Bertz CT molecular complexity index is 1280. The second-order valence-corrected chi connectivity index (χ2v) is 11.6. The van der Waals surface area contributed by atoms with Gasteiger partial charge in [0.2, 0.25) is 0 Å². The van der Waals surface area contributed by atoms with Crippen LogP contribution in [0.15, 0.2) is 78.9 Å². The van der Waals surface area contributed by atoms with Crippen LogP contribution < -0.4 is 0 Å². The number of hydrogen-bond donors (Lipinski definition) is 1. The van der Waals surface area contributed by atoms with E-state index in [1.165, 1.54) is 0 Å². The first kappa shape index (κ1) is 29.1. The lowest BCUT2D eigenvalue weighted by molar-refractivity contribution is -0.131. The van der Waals surface area contributed by atoms with Crippen LogP contribution in [0.25, 0.3) is 0 Å². The van der Waals surface area contributed by atoms with Crippen LogP contribution in [0.5, 0.6) is 0 Å². The molecule has 206 valence electrons. The number of nitrogens with zero attached hydrogens (tertiary/aromatic N) is 2. The van der Waals surface area contributed by atoms with E-state index in [0.717, 1.165) is 16.0 Å². The van der Waals surface area contributed by atoms with Crippen molar-refractivity contribution in [3.8, 4) is 0 Å². The molecule has 0 spiro atoms. The first-order valence-electron chi connectivity index (χ1n) is 13.0. The number of carbonyl (C=O) groups is 2. The Hall–Kier alpha value is -2.90. The highest BCUT2D eigenvalue weighted by Gasteiger charge is 2.55. The van der Waals surface area contributed by atoms with Gasteiger partial charge in [0, 0.05) is 21.7 Å². The fraction of sp³-hybridized carbons (Fsp3) is 0.355.